The summed E-state index contributed by atoms with van der Waals surface area (Å²) in [5.74, 6) is -0.674. The molecule has 2 nitrogen and oxygen atoms in total. The van der Waals surface area contributed by atoms with Crippen LogP contribution in [0.1, 0.15) is 6.42 Å². The zero-order valence-corrected chi connectivity index (χ0v) is 5.07. The van der Waals surface area contributed by atoms with Gasteiger partial charge >= 0.3 is 18.9 Å². The van der Waals surface area contributed by atoms with Crippen LogP contribution >= 0.6 is 12.6 Å². The van der Waals surface area contributed by atoms with Crippen LogP contribution in [-0.2, 0) is 4.79 Å². The molecule has 0 saturated heterocycles. The first-order valence-corrected chi connectivity index (χ1v) is 2.21. The van der Waals surface area contributed by atoms with E-state index in [0.29, 0.717) is 5.75 Å². The molecule has 0 radical (unpaired) electrons. The third-order valence-corrected chi connectivity index (χ3v) is 0.540. The molecule has 0 heterocycles. The number of carboxylic acids is 1. The molecule has 36 valence electrons. The first-order chi connectivity index (χ1) is 2.77. The van der Waals surface area contributed by atoms with Crippen LogP contribution in [0.25, 0.3) is 0 Å². The molecule has 0 fully saturated rings. The molecule has 0 rings (SSSR count). The maximum absolute atomic E-state index is 9.44. The quantitative estimate of drug-likeness (QED) is 0.292. The Kier molecular flexibility index (Phi) is 9.54. The predicted octanol–water partition coefficient (Wildman–Crippen LogP) is -3.94. The molecule has 0 aromatic carbocycles. The van der Waals surface area contributed by atoms with Gasteiger partial charge in [0.05, 0.1) is 0 Å². The van der Waals surface area contributed by atoms with E-state index in [0.717, 1.165) is 0 Å². The summed E-state index contributed by atoms with van der Waals surface area (Å²) >= 11 is 3.64. The van der Waals surface area contributed by atoms with Crippen LogP contribution in [0.15, 0.2) is 0 Å². The molecule has 0 bridgehead atoms. The monoisotopic (exact) mass is 112 g/mol. The molecule has 0 aliphatic rings. The van der Waals surface area contributed by atoms with E-state index < -0.39 is 5.97 Å². The van der Waals surface area contributed by atoms with E-state index >= 15 is 0 Å². The van der Waals surface area contributed by atoms with Crippen molar-refractivity contribution in [3.8, 4) is 0 Å². The third kappa shape index (κ3) is 10.7. The maximum Gasteiger partial charge on any atom is 1.00 e. The van der Waals surface area contributed by atoms with Crippen LogP contribution in [0.4, 0.5) is 0 Å². The van der Waals surface area contributed by atoms with Gasteiger partial charge in [0.1, 0.15) is 0 Å². The molecule has 0 saturated carbocycles. The summed E-state index contributed by atoms with van der Waals surface area (Å²) in [7, 11) is 0. The van der Waals surface area contributed by atoms with E-state index in [-0.39, 0.29) is 25.3 Å². The Bertz CT molecular complexity index is 56.9. The first kappa shape index (κ1) is 10.4. The van der Waals surface area contributed by atoms with Gasteiger partial charge < -0.3 is 9.90 Å². The van der Waals surface area contributed by atoms with Crippen molar-refractivity contribution in [3.63, 3.8) is 0 Å². The van der Waals surface area contributed by atoms with Crippen LogP contribution in [0, 0.1) is 0 Å². The number of carboxylic acid groups (broad SMARTS) is 1. The number of aliphatic carboxylic acids is 1. The normalized spacial score (nSPS) is 7.00. The minimum absolute atomic E-state index is 0. The fourth-order valence-corrected chi connectivity index (χ4v) is 0.274. The number of carbonyl (C=O) groups is 1. The van der Waals surface area contributed by atoms with Gasteiger partial charge in [0.2, 0.25) is 0 Å². The van der Waals surface area contributed by atoms with E-state index in [1.807, 2.05) is 0 Å². The number of thiol groups is 1. The Morgan fingerprint density at radius 3 is 2.14 bits per heavy atom. The van der Waals surface area contributed by atoms with E-state index in [1.54, 1.807) is 0 Å². The predicted molar refractivity (Wildman–Crippen MR) is 23.5 cm³/mol. The van der Waals surface area contributed by atoms with Gasteiger partial charge in [-0.05, 0) is 12.2 Å². The largest absolute Gasteiger partial charge is 1.00 e. The summed E-state index contributed by atoms with van der Waals surface area (Å²) in [5.41, 5.74) is 0. The average Bonchev–Trinajstić information content (AvgIpc) is 1.35. The van der Waals surface area contributed by atoms with Crippen molar-refractivity contribution in [1.29, 1.82) is 0 Å². The Balaban J connectivity index is 0. The molecule has 0 N–H and O–H groups in total. The first-order valence-electron chi connectivity index (χ1n) is 1.58. The van der Waals surface area contributed by atoms with Crippen LogP contribution in [0.3, 0.4) is 0 Å². The standard InChI is InChI=1S/C3H6O2S.Li/c4-3(5)1-2-6;/h6H,1-2H2,(H,4,5);/q;+1/p-1. The van der Waals surface area contributed by atoms with E-state index in [2.05, 4.69) is 12.6 Å². The van der Waals surface area contributed by atoms with Crippen molar-refractivity contribution >= 4 is 18.6 Å². The van der Waals surface area contributed by atoms with Gasteiger partial charge in [0, 0.05) is 5.97 Å². The second-order valence-electron chi connectivity index (χ2n) is 0.846. The van der Waals surface area contributed by atoms with Gasteiger partial charge in [0.15, 0.2) is 0 Å². The van der Waals surface area contributed by atoms with Crippen molar-refractivity contribution in [1.82, 2.24) is 0 Å². The van der Waals surface area contributed by atoms with Crippen molar-refractivity contribution in [2.75, 3.05) is 5.75 Å². The van der Waals surface area contributed by atoms with E-state index in [9.17, 15) is 9.90 Å². The minimum atomic E-state index is -1.04. The molecule has 0 unspecified atom stereocenters. The number of hydrogen-bond acceptors (Lipinski definition) is 3. The van der Waals surface area contributed by atoms with Crippen LogP contribution < -0.4 is 24.0 Å². The Labute approximate surface area is 59.9 Å². The third-order valence-electron chi connectivity index (χ3n) is 0.316. The minimum Gasteiger partial charge on any atom is -0.550 e. The number of hydrogen-bond donors (Lipinski definition) is 1. The smallest absolute Gasteiger partial charge is 0.550 e. The summed E-state index contributed by atoms with van der Waals surface area (Å²) in [5, 5.41) is 9.44. The summed E-state index contributed by atoms with van der Waals surface area (Å²) in [6.45, 7) is 0. The van der Waals surface area contributed by atoms with Gasteiger partial charge in [-0.15, -0.1) is 0 Å². The van der Waals surface area contributed by atoms with Crippen molar-refractivity contribution in [2.24, 2.45) is 0 Å². The Hall–Kier alpha value is 0.417. The molecule has 0 aliphatic carbocycles. The summed E-state index contributed by atoms with van der Waals surface area (Å²) < 4.78 is 0. The SMILES string of the molecule is O=C([O-])CCS.[Li+]. The fourth-order valence-electron chi connectivity index (χ4n) is 0.0913. The van der Waals surface area contributed by atoms with Gasteiger partial charge in [-0.25, -0.2) is 0 Å². The summed E-state index contributed by atoms with van der Waals surface area (Å²) in [6, 6.07) is 0. The zero-order valence-electron chi connectivity index (χ0n) is 4.18. The molecule has 0 aromatic rings. The van der Waals surface area contributed by atoms with Crippen molar-refractivity contribution < 1.29 is 28.8 Å². The van der Waals surface area contributed by atoms with Gasteiger partial charge in [-0.1, -0.05) is 0 Å². The molecule has 4 heteroatoms. The molecule has 0 amide bonds. The van der Waals surface area contributed by atoms with Crippen molar-refractivity contribution in [3.05, 3.63) is 0 Å². The van der Waals surface area contributed by atoms with Gasteiger partial charge in [-0.2, -0.15) is 12.6 Å². The summed E-state index contributed by atoms with van der Waals surface area (Å²) in [4.78, 5) is 9.44. The molecular formula is C3H5LiO2S. The van der Waals surface area contributed by atoms with Crippen LogP contribution in [0.2, 0.25) is 0 Å². The van der Waals surface area contributed by atoms with Crippen LogP contribution in [0.5, 0.6) is 0 Å². The Morgan fingerprint density at radius 2 is 2.14 bits per heavy atom. The average molecular weight is 112 g/mol. The fraction of sp³-hybridized carbons (Fsp3) is 0.667. The second-order valence-corrected chi connectivity index (χ2v) is 1.29. The number of rotatable bonds is 2. The molecule has 0 aliphatic heterocycles. The molecule has 0 spiro atoms. The second kappa shape index (κ2) is 6.42. The van der Waals surface area contributed by atoms with E-state index in [4.69, 9.17) is 0 Å². The topological polar surface area (TPSA) is 40.1 Å². The molecule has 0 aromatic heterocycles. The van der Waals surface area contributed by atoms with Gasteiger partial charge in [0.25, 0.3) is 0 Å². The summed E-state index contributed by atoms with van der Waals surface area (Å²) in [6.07, 6.45) is 0.0448. The molecule has 7 heavy (non-hydrogen) atoms. The zero-order chi connectivity index (χ0) is 4.99. The van der Waals surface area contributed by atoms with Gasteiger partial charge in [-0.3, -0.25) is 0 Å². The molecule has 0 atom stereocenters. The number of carbonyl (C=O) groups excluding carboxylic acids is 1. The molecular weight excluding hydrogens is 107 g/mol. The maximum atomic E-state index is 9.44. The Morgan fingerprint density at radius 1 is 1.71 bits per heavy atom. The van der Waals surface area contributed by atoms with Crippen molar-refractivity contribution in [2.45, 2.75) is 6.42 Å². The van der Waals surface area contributed by atoms with Crippen LogP contribution in [-0.4, -0.2) is 11.7 Å². The van der Waals surface area contributed by atoms with E-state index in [1.165, 1.54) is 0 Å².